The maximum atomic E-state index is 6.09. The maximum Gasteiger partial charge on any atom is 0.261 e. The summed E-state index contributed by atoms with van der Waals surface area (Å²) in [5, 5.41) is 3.92. The molecule has 1 aromatic carbocycles. The summed E-state index contributed by atoms with van der Waals surface area (Å²) in [6.07, 6.45) is 0. The molecule has 0 saturated carbocycles. The van der Waals surface area contributed by atoms with E-state index in [2.05, 4.69) is 26.1 Å². The summed E-state index contributed by atoms with van der Waals surface area (Å²) < 4.78 is 16.5. The summed E-state index contributed by atoms with van der Waals surface area (Å²) in [5.41, 5.74) is 5.99. The fourth-order valence-corrected chi connectivity index (χ4v) is 2.11. The number of rotatable bonds is 5. The molecule has 0 bridgehead atoms. The van der Waals surface area contributed by atoms with E-state index in [4.69, 9.17) is 19.7 Å². The Balaban J connectivity index is 2.38. The molecule has 0 amide bonds. The van der Waals surface area contributed by atoms with Gasteiger partial charge >= 0.3 is 0 Å². The van der Waals surface area contributed by atoms with Crippen molar-refractivity contribution in [1.29, 1.82) is 0 Å². The maximum absolute atomic E-state index is 6.09. The third kappa shape index (κ3) is 3.00. The highest BCUT2D eigenvalue weighted by Gasteiger charge is 2.28. The van der Waals surface area contributed by atoms with Crippen LogP contribution in [0.1, 0.15) is 12.7 Å². The van der Waals surface area contributed by atoms with Crippen LogP contribution in [0.2, 0.25) is 0 Å². The first-order valence-corrected chi connectivity index (χ1v) is 6.73. The molecule has 2 N–H and O–H groups in total. The Labute approximate surface area is 125 Å². The predicted octanol–water partition coefficient (Wildman–Crippen LogP) is 2.33. The van der Waals surface area contributed by atoms with E-state index in [0.29, 0.717) is 29.6 Å². The molecule has 0 spiro atoms. The number of benzene rings is 1. The third-order valence-electron chi connectivity index (χ3n) is 2.78. The fourth-order valence-electron chi connectivity index (χ4n) is 1.77. The summed E-state index contributed by atoms with van der Waals surface area (Å²) >= 11 is 3.38. The number of nitrogens with two attached hydrogens (primary N) is 1. The Morgan fingerprint density at radius 3 is 2.80 bits per heavy atom. The zero-order valence-electron chi connectivity index (χ0n) is 11.5. The first-order valence-electron chi connectivity index (χ1n) is 5.94. The van der Waals surface area contributed by atoms with Gasteiger partial charge < -0.3 is 19.7 Å². The average Bonchev–Trinajstić information content (AvgIpc) is 2.88. The molecule has 0 fully saturated rings. The number of hydrogen-bond acceptors (Lipinski definition) is 6. The van der Waals surface area contributed by atoms with Gasteiger partial charge in [-0.25, -0.2) is 0 Å². The molecule has 7 heteroatoms. The molecular formula is C13H16BrN3O3. The number of methoxy groups -OCH3 is 2. The van der Waals surface area contributed by atoms with Gasteiger partial charge in [-0.05, 0) is 25.1 Å². The van der Waals surface area contributed by atoms with Crippen molar-refractivity contribution in [2.45, 2.75) is 12.5 Å². The standard InChI is InChI=1S/C13H16BrN3O3/c1-13(15,7-18-2)12-16-11(20-17-12)9-5-4-8(14)6-10(9)19-3/h4-6H,7,15H2,1-3H3. The van der Waals surface area contributed by atoms with E-state index in [1.54, 1.807) is 21.1 Å². The molecular weight excluding hydrogens is 326 g/mol. The molecule has 0 aliphatic carbocycles. The van der Waals surface area contributed by atoms with E-state index in [1.807, 2.05) is 18.2 Å². The van der Waals surface area contributed by atoms with Gasteiger partial charge in [0.2, 0.25) is 0 Å². The van der Waals surface area contributed by atoms with Crippen molar-refractivity contribution in [2.24, 2.45) is 5.73 Å². The first-order chi connectivity index (χ1) is 9.47. The molecule has 2 aromatic rings. The second-order valence-electron chi connectivity index (χ2n) is 4.62. The van der Waals surface area contributed by atoms with Gasteiger partial charge in [0, 0.05) is 11.6 Å². The van der Waals surface area contributed by atoms with Gasteiger partial charge in [0.05, 0.1) is 19.3 Å². The van der Waals surface area contributed by atoms with Crippen LogP contribution in [-0.2, 0) is 10.3 Å². The number of hydrogen-bond donors (Lipinski definition) is 1. The van der Waals surface area contributed by atoms with Crippen molar-refractivity contribution in [3.63, 3.8) is 0 Å². The lowest BCUT2D eigenvalue weighted by atomic mass is 10.1. The van der Waals surface area contributed by atoms with Crippen molar-refractivity contribution >= 4 is 15.9 Å². The Bertz CT molecular complexity index is 598. The molecule has 0 aliphatic rings. The van der Waals surface area contributed by atoms with E-state index in [9.17, 15) is 0 Å². The number of ether oxygens (including phenoxy) is 2. The molecule has 1 aromatic heterocycles. The number of nitrogens with zero attached hydrogens (tertiary/aromatic N) is 2. The van der Waals surface area contributed by atoms with Gasteiger partial charge in [-0.1, -0.05) is 21.1 Å². The highest BCUT2D eigenvalue weighted by molar-refractivity contribution is 9.10. The Hall–Kier alpha value is -1.44. The number of aromatic nitrogens is 2. The van der Waals surface area contributed by atoms with Gasteiger partial charge in [0.1, 0.15) is 11.3 Å². The van der Waals surface area contributed by atoms with Gasteiger partial charge in [0.15, 0.2) is 5.82 Å². The van der Waals surface area contributed by atoms with Gasteiger partial charge in [-0.15, -0.1) is 0 Å². The molecule has 0 saturated heterocycles. The van der Waals surface area contributed by atoms with Crippen LogP contribution in [0.25, 0.3) is 11.5 Å². The van der Waals surface area contributed by atoms with Gasteiger partial charge in [0.25, 0.3) is 5.89 Å². The van der Waals surface area contributed by atoms with Crippen LogP contribution in [0.15, 0.2) is 27.2 Å². The summed E-state index contributed by atoms with van der Waals surface area (Å²) in [5.74, 6) is 1.39. The van der Waals surface area contributed by atoms with Crippen LogP contribution in [0, 0.1) is 0 Å². The van der Waals surface area contributed by atoms with E-state index >= 15 is 0 Å². The average molecular weight is 342 g/mol. The highest BCUT2D eigenvalue weighted by atomic mass is 79.9. The summed E-state index contributed by atoms with van der Waals surface area (Å²) in [6, 6.07) is 5.54. The van der Waals surface area contributed by atoms with Crippen molar-refractivity contribution in [3.8, 4) is 17.2 Å². The van der Waals surface area contributed by atoms with Crippen molar-refractivity contribution < 1.29 is 14.0 Å². The third-order valence-corrected chi connectivity index (χ3v) is 3.27. The fraction of sp³-hybridized carbons (Fsp3) is 0.385. The minimum absolute atomic E-state index is 0.295. The van der Waals surface area contributed by atoms with E-state index in [1.165, 1.54) is 0 Å². The lowest BCUT2D eigenvalue weighted by Crippen LogP contribution is -2.38. The van der Waals surface area contributed by atoms with Crippen LogP contribution in [-0.4, -0.2) is 31.0 Å². The molecule has 20 heavy (non-hydrogen) atoms. The van der Waals surface area contributed by atoms with Crippen LogP contribution in [0.5, 0.6) is 5.75 Å². The minimum Gasteiger partial charge on any atom is -0.496 e. The van der Waals surface area contributed by atoms with E-state index < -0.39 is 5.54 Å². The lowest BCUT2D eigenvalue weighted by Gasteiger charge is -2.18. The Morgan fingerprint density at radius 1 is 1.40 bits per heavy atom. The first kappa shape index (κ1) is 15.0. The highest BCUT2D eigenvalue weighted by Crippen LogP contribution is 2.32. The second-order valence-corrected chi connectivity index (χ2v) is 5.53. The molecule has 6 nitrogen and oxygen atoms in total. The summed E-state index contributed by atoms with van der Waals surface area (Å²) in [4.78, 5) is 4.33. The normalized spacial score (nSPS) is 14.1. The molecule has 0 radical (unpaired) electrons. The SMILES string of the molecule is COCC(C)(N)c1noc(-c2ccc(Br)cc2OC)n1. The Kier molecular flexibility index (Phi) is 4.42. The van der Waals surface area contributed by atoms with Crippen molar-refractivity contribution in [2.75, 3.05) is 20.8 Å². The van der Waals surface area contributed by atoms with E-state index in [-0.39, 0.29) is 0 Å². The van der Waals surface area contributed by atoms with Crippen molar-refractivity contribution in [3.05, 3.63) is 28.5 Å². The molecule has 1 heterocycles. The van der Waals surface area contributed by atoms with Crippen LogP contribution >= 0.6 is 15.9 Å². The molecule has 1 unspecified atom stereocenters. The minimum atomic E-state index is -0.806. The zero-order valence-corrected chi connectivity index (χ0v) is 13.1. The smallest absolute Gasteiger partial charge is 0.261 e. The summed E-state index contributed by atoms with van der Waals surface area (Å²) in [6.45, 7) is 2.08. The molecule has 108 valence electrons. The van der Waals surface area contributed by atoms with Gasteiger partial charge in [-0.3, -0.25) is 0 Å². The molecule has 1 atom stereocenters. The lowest BCUT2D eigenvalue weighted by molar-refractivity contribution is 0.135. The van der Waals surface area contributed by atoms with Crippen LogP contribution < -0.4 is 10.5 Å². The van der Waals surface area contributed by atoms with Crippen LogP contribution in [0.4, 0.5) is 0 Å². The largest absolute Gasteiger partial charge is 0.496 e. The molecule has 2 rings (SSSR count). The Morgan fingerprint density at radius 2 is 2.15 bits per heavy atom. The van der Waals surface area contributed by atoms with Crippen molar-refractivity contribution in [1.82, 2.24) is 10.1 Å². The predicted molar refractivity (Wildman–Crippen MR) is 77.4 cm³/mol. The van der Waals surface area contributed by atoms with Crippen LogP contribution in [0.3, 0.4) is 0 Å². The second kappa shape index (κ2) is 5.90. The van der Waals surface area contributed by atoms with Gasteiger partial charge in [-0.2, -0.15) is 4.98 Å². The zero-order chi connectivity index (χ0) is 14.8. The summed E-state index contributed by atoms with van der Waals surface area (Å²) in [7, 11) is 3.16. The quantitative estimate of drug-likeness (QED) is 0.898. The number of halogens is 1. The monoisotopic (exact) mass is 341 g/mol. The molecule has 0 aliphatic heterocycles. The topological polar surface area (TPSA) is 83.4 Å². The van der Waals surface area contributed by atoms with E-state index in [0.717, 1.165) is 4.47 Å².